The van der Waals surface area contributed by atoms with Gasteiger partial charge in [-0.2, -0.15) is 0 Å². The van der Waals surface area contributed by atoms with E-state index < -0.39 is 0 Å². The number of nitrogens with zero attached hydrogens (tertiary/aromatic N) is 1. The molecule has 0 saturated carbocycles. The highest BCUT2D eigenvalue weighted by Crippen LogP contribution is 2.36. The molecule has 1 atom stereocenters. The maximum absolute atomic E-state index is 13.5. The summed E-state index contributed by atoms with van der Waals surface area (Å²) < 4.78 is 24.2. The molecule has 0 bridgehead atoms. The standard InChI is InChI=1S/C24H22FNO3/c1-28-20-13-18(14-21(15-20)29-2)24(27)26-12-11-16-5-3-4-6-22(16)23(26)17-7-9-19(25)10-8-17/h3-10,13-15,23H,11-12H2,1-2H3/t23-/m1/s1. The normalized spacial score (nSPS) is 15.6. The molecule has 5 heteroatoms. The molecular formula is C24H22FNO3. The Morgan fingerprint density at radius 3 is 2.28 bits per heavy atom. The van der Waals surface area contributed by atoms with Gasteiger partial charge >= 0.3 is 0 Å². The third kappa shape index (κ3) is 3.68. The number of amides is 1. The molecule has 4 nitrogen and oxygen atoms in total. The van der Waals surface area contributed by atoms with Crippen LogP contribution in [0.4, 0.5) is 4.39 Å². The topological polar surface area (TPSA) is 38.8 Å². The predicted octanol–water partition coefficient (Wildman–Crippen LogP) is 4.63. The van der Waals surface area contributed by atoms with E-state index >= 15 is 0 Å². The Balaban J connectivity index is 1.79. The Hall–Kier alpha value is -3.34. The Labute approximate surface area is 169 Å². The molecule has 1 aliphatic heterocycles. The minimum absolute atomic E-state index is 0.119. The quantitative estimate of drug-likeness (QED) is 0.651. The van der Waals surface area contributed by atoms with Crippen molar-refractivity contribution in [1.29, 1.82) is 0 Å². The van der Waals surface area contributed by atoms with Crippen LogP contribution in [0, 0.1) is 5.82 Å². The highest BCUT2D eigenvalue weighted by Gasteiger charge is 2.32. The molecule has 0 fully saturated rings. The van der Waals surface area contributed by atoms with Gasteiger partial charge in [0.1, 0.15) is 17.3 Å². The minimum Gasteiger partial charge on any atom is -0.497 e. The zero-order valence-corrected chi connectivity index (χ0v) is 16.4. The van der Waals surface area contributed by atoms with Gasteiger partial charge in [0.2, 0.25) is 0 Å². The Morgan fingerprint density at radius 1 is 0.966 bits per heavy atom. The van der Waals surface area contributed by atoms with Crippen LogP contribution in [0.25, 0.3) is 0 Å². The zero-order valence-electron chi connectivity index (χ0n) is 16.4. The van der Waals surface area contributed by atoms with Gasteiger partial charge < -0.3 is 14.4 Å². The van der Waals surface area contributed by atoms with Crippen molar-refractivity contribution in [3.8, 4) is 11.5 Å². The van der Waals surface area contributed by atoms with Crippen LogP contribution >= 0.6 is 0 Å². The summed E-state index contributed by atoms with van der Waals surface area (Å²) in [4.78, 5) is 15.4. The number of carbonyl (C=O) groups excluding carboxylic acids is 1. The lowest BCUT2D eigenvalue weighted by molar-refractivity contribution is 0.0694. The van der Waals surface area contributed by atoms with Gasteiger partial charge in [-0.05, 0) is 47.4 Å². The molecule has 0 saturated heterocycles. The molecule has 1 aliphatic rings. The highest BCUT2D eigenvalue weighted by molar-refractivity contribution is 5.96. The fraction of sp³-hybridized carbons (Fsp3) is 0.208. The summed E-state index contributed by atoms with van der Waals surface area (Å²) in [5, 5.41) is 0. The summed E-state index contributed by atoms with van der Waals surface area (Å²) in [7, 11) is 3.11. The fourth-order valence-electron chi connectivity index (χ4n) is 3.89. The Kier molecular flexibility index (Phi) is 5.21. The zero-order chi connectivity index (χ0) is 20.4. The molecule has 0 spiro atoms. The van der Waals surface area contributed by atoms with Crippen molar-refractivity contribution in [2.75, 3.05) is 20.8 Å². The second kappa shape index (κ2) is 7.95. The molecular weight excluding hydrogens is 369 g/mol. The maximum Gasteiger partial charge on any atom is 0.254 e. The van der Waals surface area contributed by atoms with Crippen LogP contribution in [0.15, 0.2) is 66.7 Å². The average molecular weight is 391 g/mol. The maximum atomic E-state index is 13.5. The fourth-order valence-corrected chi connectivity index (χ4v) is 3.89. The van der Waals surface area contributed by atoms with Crippen molar-refractivity contribution in [1.82, 2.24) is 4.90 Å². The molecule has 1 heterocycles. The number of hydrogen-bond acceptors (Lipinski definition) is 3. The van der Waals surface area contributed by atoms with Crippen molar-refractivity contribution in [3.05, 3.63) is 94.8 Å². The van der Waals surface area contributed by atoms with Crippen LogP contribution in [-0.2, 0) is 6.42 Å². The number of benzene rings is 3. The van der Waals surface area contributed by atoms with Crippen molar-refractivity contribution >= 4 is 5.91 Å². The first-order chi connectivity index (χ1) is 14.1. The third-order valence-electron chi connectivity index (χ3n) is 5.33. The summed E-state index contributed by atoms with van der Waals surface area (Å²) >= 11 is 0. The smallest absolute Gasteiger partial charge is 0.254 e. The first kappa shape index (κ1) is 19.0. The molecule has 0 unspecified atom stereocenters. The lowest BCUT2D eigenvalue weighted by Gasteiger charge is -2.38. The molecule has 1 amide bonds. The van der Waals surface area contributed by atoms with Gasteiger partial charge in [0.25, 0.3) is 5.91 Å². The molecule has 0 aromatic heterocycles. The molecule has 29 heavy (non-hydrogen) atoms. The number of rotatable bonds is 4. The van der Waals surface area contributed by atoms with E-state index in [9.17, 15) is 9.18 Å². The van der Waals surface area contributed by atoms with Gasteiger partial charge in [-0.25, -0.2) is 4.39 Å². The van der Waals surface area contributed by atoms with Gasteiger partial charge in [-0.1, -0.05) is 36.4 Å². The van der Waals surface area contributed by atoms with Gasteiger partial charge in [0, 0.05) is 18.2 Å². The number of methoxy groups -OCH3 is 2. The molecule has 3 aromatic carbocycles. The van der Waals surface area contributed by atoms with E-state index in [1.54, 1.807) is 44.6 Å². The van der Waals surface area contributed by atoms with E-state index in [4.69, 9.17) is 9.47 Å². The van der Waals surface area contributed by atoms with Crippen LogP contribution in [0.3, 0.4) is 0 Å². The molecule has 4 rings (SSSR count). The number of hydrogen-bond donors (Lipinski definition) is 0. The van der Waals surface area contributed by atoms with Crippen LogP contribution in [0.1, 0.15) is 33.1 Å². The van der Waals surface area contributed by atoms with E-state index in [0.717, 1.165) is 17.5 Å². The van der Waals surface area contributed by atoms with Gasteiger partial charge in [0.05, 0.1) is 20.3 Å². The minimum atomic E-state index is -0.298. The molecule has 0 aliphatic carbocycles. The van der Waals surface area contributed by atoms with Crippen molar-refractivity contribution in [2.45, 2.75) is 12.5 Å². The number of halogens is 1. The SMILES string of the molecule is COc1cc(OC)cc(C(=O)N2CCc3ccccc3[C@H]2c2ccc(F)cc2)c1. The summed E-state index contributed by atoms with van der Waals surface area (Å²) in [6.07, 6.45) is 0.765. The van der Waals surface area contributed by atoms with E-state index in [2.05, 4.69) is 6.07 Å². The van der Waals surface area contributed by atoms with Crippen molar-refractivity contribution < 1.29 is 18.7 Å². The van der Waals surface area contributed by atoms with Crippen LogP contribution in [0.2, 0.25) is 0 Å². The molecule has 148 valence electrons. The number of fused-ring (bicyclic) bond motifs is 1. The van der Waals surface area contributed by atoms with E-state index in [-0.39, 0.29) is 17.8 Å². The van der Waals surface area contributed by atoms with Gasteiger partial charge in [0.15, 0.2) is 0 Å². The lowest BCUT2D eigenvalue weighted by atomic mass is 9.87. The largest absolute Gasteiger partial charge is 0.497 e. The highest BCUT2D eigenvalue weighted by atomic mass is 19.1. The summed E-state index contributed by atoms with van der Waals surface area (Å²) in [6.45, 7) is 0.567. The summed E-state index contributed by atoms with van der Waals surface area (Å²) in [5.41, 5.74) is 3.64. The first-order valence-corrected chi connectivity index (χ1v) is 9.48. The third-order valence-corrected chi connectivity index (χ3v) is 5.33. The van der Waals surface area contributed by atoms with E-state index in [0.29, 0.717) is 23.6 Å². The van der Waals surface area contributed by atoms with Crippen LogP contribution in [0.5, 0.6) is 11.5 Å². The monoisotopic (exact) mass is 391 g/mol. The van der Waals surface area contributed by atoms with Crippen molar-refractivity contribution in [2.24, 2.45) is 0 Å². The van der Waals surface area contributed by atoms with E-state index in [1.807, 2.05) is 23.1 Å². The lowest BCUT2D eigenvalue weighted by Crippen LogP contribution is -2.40. The van der Waals surface area contributed by atoms with Crippen LogP contribution < -0.4 is 9.47 Å². The summed E-state index contributed by atoms with van der Waals surface area (Å²) in [5.74, 6) is 0.700. The van der Waals surface area contributed by atoms with Crippen molar-refractivity contribution in [3.63, 3.8) is 0 Å². The Bertz CT molecular complexity index is 1010. The second-order valence-electron chi connectivity index (χ2n) is 7.00. The first-order valence-electron chi connectivity index (χ1n) is 9.48. The van der Waals surface area contributed by atoms with Gasteiger partial charge in [-0.15, -0.1) is 0 Å². The molecule has 0 N–H and O–H groups in total. The second-order valence-corrected chi connectivity index (χ2v) is 7.00. The van der Waals surface area contributed by atoms with Gasteiger partial charge in [-0.3, -0.25) is 4.79 Å². The number of ether oxygens (including phenoxy) is 2. The van der Waals surface area contributed by atoms with E-state index in [1.165, 1.54) is 17.7 Å². The Morgan fingerprint density at radius 2 is 1.62 bits per heavy atom. The van der Waals surface area contributed by atoms with Crippen LogP contribution in [-0.4, -0.2) is 31.6 Å². The molecule has 3 aromatic rings. The summed E-state index contributed by atoms with van der Waals surface area (Å²) in [6, 6.07) is 19.3. The predicted molar refractivity (Wildman–Crippen MR) is 109 cm³/mol. The number of carbonyl (C=O) groups is 1. The average Bonchev–Trinajstić information content (AvgIpc) is 2.78. The molecule has 0 radical (unpaired) electrons.